The third kappa shape index (κ3) is 4.74. The molecule has 1 aliphatic carbocycles. The number of nitrogens with zero attached hydrogens (tertiary/aromatic N) is 1. The number of likely N-dealkylation sites (tertiary alicyclic amines) is 1. The van der Waals surface area contributed by atoms with Crippen LogP contribution in [0.1, 0.15) is 44.9 Å². The van der Waals surface area contributed by atoms with Crippen molar-refractivity contribution in [3.63, 3.8) is 0 Å². The van der Waals surface area contributed by atoms with Gasteiger partial charge in [-0.05, 0) is 38.5 Å². The van der Waals surface area contributed by atoms with E-state index in [1.54, 1.807) is 6.08 Å². The molecule has 1 aliphatic heterocycles. The molecule has 1 saturated carbocycles. The number of halogens is 3. The van der Waals surface area contributed by atoms with E-state index in [2.05, 4.69) is 5.32 Å². The zero-order valence-corrected chi connectivity index (χ0v) is 12.4. The van der Waals surface area contributed by atoms with E-state index in [1.165, 1.54) is 6.42 Å². The standard InChI is InChI=1S/C15H21F3N2O2/c16-15(17,18)14(22)20-8-6-12(7-9-20)19-13(21)10-11-4-2-1-3-5-11/h10,12H,1-9H2,(H,19,21). The average molecular weight is 318 g/mol. The van der Waals surface area contributed by atoms with Crippen molar-refractivity contribution in [2.24, 2.45) is 0 Å². The van der Waals surface area contributed by atoms with Crippen LogP contribution in [-0.4, -0.2) is 42.0 Å². The second-order valence-corrected chi connectivity index (χ2v) is 5.94. The number of hydrogen-bond donors (Lipinski definition) is 1. The summed E-state index contributed by atoms with van der Waals surface area (Å²) in [4.78, 5) is 23.8. The molecule has 0 atom stereocenters. The van der Waals surface area contributed by atoms with E-state index in [1.807, 2.05) is 0 Å². The summed E-state index contributed by atoms with van der Waals surface area (Å²) in [6, 6.07) is -0.162. The van der Waals surface area contributed by atoms with Crippen LogP contribution in [0.25, 0.3) is 0 Å². The van der Waals surface area contributed by atoms with Crippen molar-refractivity contribution in [2.75, 3.05) is 13.1 Å². The maximum atomic E-state index is 12.3. The molecule has 0 bridgehead atoms. The number of alkyl halides is 3. The molecule has 7 heteroatoms. The van der Waals surface area contributed by atoms with Gasteiger partial charge in [-0.15, -0.1) is 0 Å². The van der Waals surface area contributed by atoms with Gasteiger partial charge in [-0.25, -0.2) is 0 Å². The highest BCUT2D eigenvalue weighted by atomic mass is 19.4. The molecule has 2 rings (SSSR count). The highest BCUT2D eigenvalue weighted by Gasteiger charge is 2.43. The van der Waals surface area contributed by atoms with E-state index >= 15 is 0 Å². The molecular formula is C15H21F3N2O2. The van der Waals surface area contributed by atoms with E-state index in [9.17, 15) is 22.8 Å². The minimum Gasteiger partial charge on any atom is -0.350 e. The van der Waals surface area contributed by atoms with Gasteiger partial charge < -0.3 is 10.2 Å². The maximum Gasteiger partial charge on any atom is 0.471 e. The first-order valence-corrected chi connectivity index (χ1v) is 7.72. The van der Waals surface area contributed by atoms with E-state index < -0.39 is 12.1 Å². The van der Waals surface area contributed by atoms with Crippen LogP contribution >= 0.6 is 0 Å². The number of piperidine rings is 1. The van der Waals surface area contributed by atoms with Crippen molar-refractivity contribution < 1.29 is 22.8 Å². The molecule has 1 saturated heterocycles. The molecule has 0 aromatic rings. The van der Waals surface area contributed by atoms with Crippen LogP contribution in [0.5, 0.6) is 0 Å². The summed E-state index contributed by atoms with van der Waals surface area (Å²) in [6.45, 7) is 0.0553. The van der Waals surface area contributed by atoms with Crippen LogP contribution in [-0.2, 0) is 9.59 Å². The highest BCUT2D eigenvalue weighted by molar-refractivity contribution is 5.88. The molecule has 0 aromatic heterocycles. The molecule has 0 aromatic carbocycles. The van der Waals surface area contributed by atoms with Crippen LogP contribution in [0, 0.1) is 0 Å². The monoisotopic (exact) mass is 318 g/mol. The van der Waals surface area contributed by atoms with Crippen LogP contribution in [0.2, 0.25) is 0 Å². The van der Waals surface area contributed by atoms with Gasteiger partial charge in [0.2, 0.25) is 5.91 Å². The summed E-state index contributed by atoms with van der Waals surface area (Å²) in [5.74, 6) is -1.96. The van der Waals surface area contributed by atoms with Gasteiger partial charge in [-0.3, -0.25) is 9.59 Å². The lowest BCUT2D eigenvalue weighted by Gasteiger charge is -2.32. The Morgan fingerprint density at radius 2 is 1.68 bits per heavy atom. The van der Waals surface area contributed by atoms with Gasteiger partial charge in [0.05, 0.1) is 0 Å². The van der Waals surface area contributed by atoms with E-state index in [-0.39, 0.29) is 25.0 Å². The topological polar surface area (TPSA) is 49.4 Å². The zero-order chi connectivity index (χ0) is 16.2. The van der Waals surface area contributed by atoms with Crippen molar-refractivity contribution in [1.82, 2.24) is 10.2 Å². The first kappa shape index (κ1) is 16.8. The molecule has 2 amide bonds. The molecule has 2 fully saturated rings. The van der Waals surface area contributed by atoms with Crippen molar-refractivity contribution in [3.8, 4) is 0 Å². The normalized spacial score (nSPS) is 20.7. The van der Waals surface area contributed by atoms with Crippen LogP contribution < -0.4 is 5.32 Å². The number of allylic oxidation sites excluding steroid dienone is 1. The number of amides is 2. The first-order valence-electron chi connectivity index (χ1n) is 7.72. The average Bonchev–Trinajstić information content (AvgIpc) is 2.47. The Bertz CT molecular complexity index is 444. The molecule has 0 unspecified atom stereocenters. The van der Waals surface area contributed by atoms with Gasteiger partial charge in [-0.2, -0.15) is 13.2 Å². The smallest absolute Gasteiger partial charge is 0.350 e. The summed E-state index contributed by atoms with van der Waals surface area (Å²) in [6.07, 6.45) is 2.85. The minimum absolute atomic E-state index is 0.0276. The molecule has 0 spiro atoms. The molecule has 0 radical (unpaired) electrons. The van der Waals surface area contributed by atoms with E-state index in [4.69, 9.17) is 0 Å². The van der Waals surface area contributed by atoms with E-state index in [0.717, 1.165) is 36.2 Å². The molecule has 4 nitrogen and oxygen atoms in total. The lowest BCUT2D eigenvalue weighted by molar-refractivity contribution is -0.186. The van der Waals surface area contributed by atoms with Crippen molar-refractivity contribution in [1.29, 1.82) is 0 Å². The minimum atomic E-state index is -4.82. The summed E-state index contributed by atoms with van der Waals surface area (Å²) in [7, 11) is 0. The Balaban J connectivity index is 1.77. The fraction of sp³-hybridized carbons (Fsp3) is 0.733. The summed E-state index contributed by atoms with van der Waals surface area (Å²) in [5.41, 5.74) is 1.15. The fourth-order valence-electron chi connectivity index (χ4n) is 2.98. The summed E-state index contributed by atoms with van der Waals surface area (Å²) < 4.78 is 37.0. The van der Waals surface area contributed by atoms with E-state index in [0.29, 0.717) is 12.8 Å². The number of hydrogen-bond acceptors (Lipinski definition) is 2. The molecule has 1 heterocycles. The molecule has 22 heavy (non-hydrogen) atoms. The second-order valence-electron chi connectivity index (χ2n) is 5.94. The van der Waals surface area contributed by atoms with Crippen LogP contribution in [0.15, 0.2) is 11.6 Å². The summed E-state index contributed by atoms with van der Waals surface area (Å²) >= 11 is 0. The Hall–Kier alpha value is -1.53. The number of carbonyl (C=O) groups excluding carboxylic acids is 2. The molecule has 2 aliphatic rings. The van der Waals surface area contributed by atoms with Crippen molar-refractivity contribution >= 4 is 11.8 Å². The predicted octanol–water partition coefficient (Wildman–Crippen LogP) is 2.55. The van der Waals surface area contributed by atoms with Crippen molar-refractivity contribution in [3.05, 3.63) is 11.6 Å². The largest absolute Gasteiger partial charge is 0.471 e. The predicted molar refractivity (Wildman–Crippen MR) is 75.0 cm³/mol. The molecular weight excluding hydrogens is 297 g/mol. The quantitative estimate of drug-likeness (QED) is 0.796. The number of carbonyl (C=O) groups is 2. The summed E-state index contributed by atoms with van der Waals surface area (Å²) in [5, 5.41) is 2.83. The molecule has 1 N–H and O–H groups in total. The maximum absolute atomic E-state index is 12.3. The van der Waals surface area contributed by atoms with Gasteiger partial charge in [0.25, 0.3) is 0 Å². The first-order chi connectivity index (χ1) is 10.4. The van der Waals surface area contributed by atoms with Gasteiger partial charge in [0, 0.05) is 25.2 Å². The Morgan fingerprint density at radius 3 is 2.23 bits per heavy atom. The SMILES string of the molecule is O=C(C=C1CCCCC1)NC1CCN(C(=O)C(F)(F)F)CC1. The number of rotatable bonds is 2. The zero-order valence-electron chi connectivity index (χ0n) is 12.4. The number of nitrogens with one attached hydrogen (secondary N) is 1. The van der Waals surface area contributed by atoms with Gasteiger partial charge >= 0.3 is 12.1 Å². The molecule has 124 valence electrons. The third-order valence-electron chi connectivity index (χ3n) is 4.20. The lowest BCUT2D eigenvalue weighted by Crippen LogP contribution is -2.49. The Labute approximate surface area is 127 Å². The fourth-order valence-corrected chi connectivity index (χ4v) is 2.98. The second kappa shape index (κ2) is 7.15. The Morgan fingerprint density at radius 1 is 1.09 bits per heavy atom. The third-order valence-corrected chi connectivity index (χ3v) is 4.20. The van der Waals surface area contributed by atoms with Crippen molar-refractivity contribution in [2.45, 2.75) is 57.2 Å². The lowest BCUT2D eigenvalue weighted by atomic mass is 9.94. The van der Waals surface area contributed by atoms with Crippen LogP contribution in [0.4, 0.5) is 13.2 Å². The van der Waals surface area contributed by atoms with Crippen LogP contribution in [0.3, 0.4) is 0 Å². The van der Waals surface area contributed by atoms with Gasteiger partial charge in [0.15, 0.2) is 0 Å². The Kier molecular flexibility index (Phi) is 5.47. The van der Waals surface area contributed by atoms with Gasteiger partial charge in [0.1, 0.15) is 0 Å². The van der Waals surface area contributed by atoms with Gasteiger partial charge in [-0.1, -0.05) is 12.0 Å². The highest BCUT2D eigenvalue weighted by Crippen LogP contribution is 2.23.